The molecule has 0 fully saturated rings. The van der Waals surface area contributed by atoms with Crippen molar-refractivity contribution in [3.05, 3.63) is 99.5 Å². The van der Waals surface area contributed by atoms with Gasteiger partial charge in [-0.3, -0.25) is 4.79 Å². The third-order valence-electron chi connectivity index (χ3n) is 3.67. The summed E-state index contributed by atoms with van der Waals surface area (Å²) in [6.07, 6.45) is 1.35. The van der Waals surface area contributed by atoms with E-state index in [9.17, 15) is 9.59 Å². The Kier molecular flexibility index (Phi) is 6.42. The van der Waals surface area contributed by atoms with Crippen LogP contribution in [-0.4, -0.2) is 18.1 Å². The predicted molar refractivity (Wildman–Crippen MR) is 109 cm³/mol. The number of nitrogens with zero attached hydrogens (tertiary/aromatic N) is 1. The molecule has 1 N–H and O–H groups in total. The zero-order chi connectivity index (χ0) is 19.9. The van der Waals surface area contributed by atoms with Gasteiger partial charge in [0.05, 0.1) is 16.8 Å². The molecule has 0 spiro atoms. The van der Waals surface area contributed by atoms with Gasteiger partial charge in [-0.25, -0.2) is 10.2 Å². The van der Waals surface area contributed by atoms with Gasteiger partial charge in [-0.05, 0) is 42.5 Å². The Morgan fingerprint density at radius 2 is 1.64 bits per heavy atom. The second-order valence-electron chi connectivity index (χ2n) is 5.62. The molecular weight excluding hydrogens is 399 g/mol. The Morgan fingerprint density at radius 1 is 0.929 bits per heavy atom. The third kappa shape index (κ3) is 4.97. The van der Waals surface area contributed by atoms with E-state index in [1.807, 2.05) is 6.07 Å². The lowest BCUT2D eigenvalue weighted by Crippen LogP contribution is -2.17. The molecule has 0 saturated carbocycles. The number of carbonyl (C=O) groups is 2. The Morgan fingerprint density at radius 3 is 2.39 bits per heavy atom. The van der Waals surface area contributed by atoms with Gasteiger partial charge in [0.15, 0.2) is 0 Å². The van der Waals surface area contributed by atoms with Crippen molar-refractivity contribution in [3.63, 3.8) is 0 Å². The summed E-state index contributed by atoms with van der Waals surface area (Å²) in [6.45, 7) is 0. The Bertz CT molecular complexity index is 1040. The Labute approximate surface area is 171 Å². The normalized spacial score (nSPS) is 10.6. The van der Waals surface area contributed by atoms with Crippen molar-refractivity contribution in [3.8, 4) is 5.75 Å². The van der Waals surface area contributed by atoms with E-state index in [1.54, 1.807) is 60.7 Å². The quantitative estimate of drug-likeness (QED) is 0.278. The number of amides is 1. The van der Waals surface area contributed by atoms with Crippen LogP contribution in [0.15, 0.2) is 77.9 Å². The van der Waals surface area contributed by atoms with Crippen molar-refractivity contribution in [1.29, 1.82) is 0 Å². The molecule has 0 aromatic heterocycles. The lowest BCUT2D eigenvalue weighted by atomic mass is 10.2. The summed E-state index contributed by atoms with van der Waals surface area (Å²) >= 11 is 12.1. The molecule has 3 rings (SSSR count). The van der Waals surface area contributed by atoms with Gasteiger partial charge in [-0.2, -0.15) is 5.10 Å². The fraction of sp³-hybridized carbons (Fsp3) is 0. The molecule has 0 unspecified atom stereocenters. The summed E-state index contributed by atoms with van der Waals surface area (Å²) in [5, 5.41) is 4.63. The number of esters is 1. The monoisotopic (exact) mass is 412 g/mol. The maximum atomic E-state index is 12.4. The number of ether oxygens (including phenoxy) is 1. The summed E-state index contributed by atoms with van der Waals surface area (Å²) in [5.74, 6) is -0.753. The van der Waals surface area contributed by atoms with Crippen LogP contribution in [0, 0.1) is 0 Å². The number of benzene rings is 3. The number of rotatable bonds is 5. The molecule has 3 aromatic carbocycles. The van der Waals surface area contributed by atoms with Gasteiger partial charge in [0.25, 0.3) is 5.91 Å². The number of nitrogens with one attached hydrogen (secondary N) is 1. The first-order valence-corrected chi connectivity index (χ1v) is 8.95. The van der Waals surface area contributed by atoms with Crippen molar-refractivity contribution in [2.75, 3.05) is 0 Å². The maximum Gasteiger partial charge on any atom is 0.345 e. The van der Waals surface area contributed by atoms with Gasteiger partial charge >= 0.3 is 5.97 Å². The minimum Gasteiger partial charge on any atom is -0.422 e. The Balaban J connectivity index is 1.76. The van der Waals surface area contributed by atoms with E-state index in [1.165, 1.54) is 12.3 Å². The highest BCUT2D eigenvalue weighted by Crippen LogP contribution is 2.24. The number of hydrogen-bond acceptors (Lipinski definition) is 4. The van der Waals surface area contributed by atoms with E-state index in [2.05, 4.69) is 10.5 Å². The number of hydrogen-bond donors (Lipinski definition) is 1. The zero-order valence-electron chi connectivity index (χ0n) is 14.4. The first kappa shape index (κ1) is 19.6. The highest BCUT2D eigenvalue weighted by molar-refractivity contribution is 6.33. The summed E-state index contributed by atoms with van der Waals surface area (Å²) in [7, 11) is 0. The van der Waals surface area contributed by atoms with Gasteiger partial charge in [0, 0.05) is 16.1 Å². The lowest BCUT2D eigenvalue weighted by molar-refractivity contribution is 0.0734. The first-order chi connectivity index (χ1) is 13.5. The van der Waals surface area contributed by atoms with Crippen molar-refractivity contribution >= 4 is 41.3 Å². The molecular formula is C21H14Cl2N2O3. The lowest BCUT2D eigenvalue weighted by Gasteiger charge is -2.09. The largest absolute Gasteiger partial charge is 0.422 e. The number of hydrazone groups is 1. The third-order valence-corrected chi connectivity index (χ3v) is 4.24. The van der Waals surface area contributed by atoms with Crippen molar-refractivity contribution in [1.82, 2.24) is 5.43 Å². The van der Waals surface area contributed by atoms with Crippen molar-refractivity contribution < 1.29 is 14.3 Å². The fourth-order valence-corrected chi connectivity index (χ4v) is 2.70. The number of carbonyl (C=O) groups excluding carboxylic acids is 2. The van der Waals surface area contributed by atoms with E-state index in [0.717, 1.165) is 0 Å². The van der Waals surface area contributed by atoms with E-state index >= 15 is 0 Å². The standard InChI is InChI=1S/C21H14Cl2N2O3/c22-16-10-11-19(28-21(27)17-8-4-5-9-18(17)23)15(12-16)13-24-25-20(26)14-6-2-1-3-7-14/h1-13H,(H,25,26)/b24-13+. The molecule has 28 heavy (non-hydrogen) atoms. The summed E-state index contributed by atoms with van der Waals surface area (Å²) in [6, 6.07) is 19.9. The predicted octanol–water partition coefficient (Wildman–Crippen LogP) is 4.98. The topological polar surface area (TPSA) is 67.8 Å². The summed E-state index contributed by atoms with van der Waals surface area (Å²) in [4.78, 5) is 24.4. The molecule has 1 amide bonds. The minimum absolute atomic E-state index is 0.229. The van der Waals surface area contributed by atoms with Gasteiger partial charge in [0.1, 0.15) is 5.75 Å². The van der Waals surface area contributed by atoms with Crippen LogP contribution in [0.25, 0.3) is 0 Å². The van der Waals surface area contributed by atoms with E-state index < -0.39 is 5.97 Å². The van der Waals surface area contributed by atoms with Gasteiger partial charge in [-0.1, -0.05) is 53.5 Å². The Hall–Kier alpha value is -3.15. The zero-order valence-corrected chi connectivity index (χ0v) is 15.9. The highest BCUT2D eigenvalue weighted by Gasteiger charge is 2.14. The van der Waals surface area contributed by atoms with E-state index in [-0.39, 0.29) is 22.2 Å². The van der Waals surface area contributed by atoms with Crippen molar-refractivity contribution in [2.24, 2.45) is 5.10 Å². The molecule has 0 heterocycles. The van der Waals surface area contributed by atoms with Crippen LogP contribution >= 0.6 is 23.2 Å². The molecule has 0 aliphatic carbocycles. The molecule has 0 aliphatic heterocycles. The second-order valence-corrected chi connectivity index (χ2v) is 6.46. The molecule has 0 radical (unpaired) electrons. The minimum atomic E-state index is -0.615. The molecule has 0 bridgehead atoms. The van der Waals surface area contributed by atoms with Gasteiger partial charge in [-0.15, -0.1) is 0 Å². The molecule has 0 atom stereocenters. The average molecular weight is 413 g/mol. The van der Waals surface area contributed by atoms with Crippen LogP contribution in [-0.2, 0) is 0 Å². The van der Waals surface area contributed by atoms with Gasteiger partial charge < -0.3 is 4.74 Å². The molecule has 5 nitrogen and oxygen atoms in total. The van der Waals surface area contributed by atoms with E-state index in [0.29, 0.717) is 16.1 Å². The maximum absolute atomic E-state index is 12.4. The molecule has 0 saturated heterocycles. The average Bonchev–Trinajstić information content (AvgIpc) is 2.70. The van der Waals surface area contributed by atoms with Crippen LogP contribution in [0.3, 0.4) is 0 Å². The highest BCUT2D eigenvalue weighted by atomic mass is 35.5. The smallest absolute Gasteiger partial charge is 0.345 e. The fourth-order valence-electron chi connectivity index (χ4n) is 2.31. The second kappa shape index (κ2) is 9.17. The summed E-state index contributed by atoms with van der Waals surface area (Å²) in [5.41, 5.74) is 3.54. The summed E-state index contributed by atoms with van der Waals surface area (Å²) < 4.78 is 5.42. The SMILES string of the molecule is O=C(N/N=C/c1cc(Cl)ccc1OC(=O)c1ccccc1Cl)c1ccccc1. The van der Waals surface area contributed by atoms with Crippen molar-refractivity contribution in [2.45, 2.75) is 0 Å². The van der Waals surface area contributed by atoms with Crippen LogP contribution in [0.4, 0.5) is 0 Å². The van der Waals surface area contributed by atoms with Crippen LogP contribution in [0.5, 0.6) is 5.75 Å². The van der Waals surface area contributed by atoms with Crippen LogP contribution in [0.1, 0.15) is 26.3 Å². The molecule has 140 valence electrons. The van der Waals surface area contributed by atoms with E-state index in [4.69, 9.17) is 27.9 Å². The molecule has 0 aliphatic rings. The number of halogens is 2. The molecule has 3 aromatic rings. The van der Waals surface area contributed by atoms with Crippen LogP contribution in [0.2, 0.25) is 10.0 Å². The molecule has 7 heteroatoms. The van der Waals surface area contributed by atoms with Gasteiger partial charge in [0.2, 0.25) is 0 Å². The van der Waals surface area contributed by atoms with Crippen LogP contribution < -0.4 is 10.2 Å². The first-order valence-electron chi connectivity index (χ1n) is 8.19.